The minimum Gasteiger partial charge on any atom is -0.393 e. The molecule has 0 amide bonds. The summed E-state index contributed by atoms with van der Waals surface area (Å²) >= 11 is 0. The first kappa shape index (κ1) is 11.3. The van der Waals surface area contributed by atoms with Crippen LogP contribution in [0.5, 0.6) is 0 Å². The van der Waals surface area contributed by atoms with Crippen molar-refractivity contribution in [3.63, 3.8) is 0 Å². The highest BCUT2D eigenvalue weighted by atomic mass is 16.3. The van der Waals surface area contributed by atoms with Gasteiger partial charge in [-0.15, -0.1) is 0 Å². The van der Waals surface area contributed by atoms with Gasteiger partial charge in [0.05, 0.1) is 6.10 Å². The number of nitrogens with one attached hydrogen (secondary N) is 2. The number of hydrogen-bond donors (Lipinski definition) is 3. The summed E-state index contributed by atoms with van der Waals surface area (Å²) in [6.45, 7) is 7.26. The Labute approximate surface area is 92.0 Å². The molecule has 4 nitrogen and oxygen atoms in total. The largest absolute Gasteiger partial charge is 0.393 e. The van der Waals surface area contributed by atoms with Gasteiger partial charge in [0.2, 0.25) is 0 Å². The van der Waals surface area contributed by atoms with Gasteiger partial charge in [-0.25, -0.2) is 0 Å². The van der Waals surface area contributed by atoms with Gasteiger partial charge >= 0.3 is 0 Å². The van der Waals surface area contributed by atoms with Gasteiger partial charge in [-0.2, -0.15) is 0 Å². The van der Waals surface area contributed by atoms with E-state index in [0.29, 0.717) is 0 Å². The van der Waals surface area contributed by atoms with Crippen molar-refractivity contribution in [2.24, 2.45) is 0 Å². The molecule has 0 atom stereocenters. The minimum absolute atomic E-state index is 0.0648. The zero-order valence-corrected chi connectivity index (χ0v) is 9.41. The van der Waals surface area contributed by atoms with E-state index in [9.17, 15) is 0 Å². The Balaban J connectivity index is 0.000000144. The van der Waals surface area contributed by atoms with Crippen LogP contribution in [0.1, 0.15) is 19.3 Å². The molecular weight excluding hydrogens is 190 g/mol. The van der Waals surface area contributed by atoms with Gasteiger partial charge < -0.3 is 15.7 Å². The smallest absolute Gasteiger partial charge is 0.0540 e. The summed E-state index contributed by atoms with van der Waals surface area (Å²) in [6, 6.07) is 0.849. The van der Waals surface area contributed by atoms with Crippen LogP contribution in [-0.2, 0) is 0 Å². The number of rotatable bonds is 1. The third-order valence-electron chi connectivity index (χ3n) is 3.50. The van der Waals surface area contributed by atoms with Crippen LogP contribution in [0, 0.1) is 0 Å². The van der Waals surface area contributed by atoms with Gasteiger partial charge in [-0.3, -0.25) is 4.90 Å². The first-order chi connectivity index (χ1) is 7.36. The van der Waals surface area contributed by atoms with Crippen LogP contribution >= 0.6 is 0 Å². The average molecular weight is 213 g/mol. The Morgan fingerprint density at radius 3 is 1.93 bits per heavy atom. The molecule has 2 aliphatic heterocycles. The maximum atomic E-state index is 8.45. The van der Waals surface area contributed by atoms with E-state index in [0.717, 1.165) is 18.9 Å². The van der Waals surface area contributed by atoms with Crippen molar-refractivity contribution in [2.75, 3.05) is 39.3 Å². The van der Waals surface area contributed by atoms with Crippen LogP contribution in [0.4, 0.5) is 0 Å². The second kappa shape index (κ2) is 5.80. The number of aliphatic hydroxyl groups is 1. The van der Waals surface area contributed by atoms with Crippen molar-refractivity contribution in [3.8, 4) is 0 Å². The van der Waals surface area contributed by atoms with Crippen molar-refractivity contribution < 1.29 is 5.11 Å². The Kier molecular flexibility index (Phi) is 4.38. The second-order valence-corrected chi connectivity index (χ2v) is 4.68. The normalized spacial score (nSPS) is 28.6. The van der Waals surface area contributed by atoms with E-state index >= 15 is 0 Å². The highest BCUT2D eigenvalue weighted by molar-refractivity contribution is 4.86. The van der Waals surface area contributed by atoms with E-state index in [1.54, 1.807) is 0 Å². The fourth-order valence-corrected chi connectivity index (χ4v) is 1.97. The summed E-state index contributed by atoms with van der Waals surface area (Å²) in [6.07, 6.45) is 3.39. The quantitative estimate of drug-likeness (QED) is 0.544. The van der Waals surface area contributed by atoms with Crippen molar-refractivity contribution >= 4 is 0 Å². The van der Waals surface area contributed by atoms with Crippen LogP contribution < -0.4 is 10.6 Å². The summed E-state index contributed by atoms with van der Waals surface area (Å²) in [4.78, 5) is 2.58. The van der Waals surface area contributed by atoms with Crippen LogP contribution in [0.3, 0.4) is 0 Å². The first-order valence-electron chi connectivity index (χ1n) is 6.20. The Morgan fingerprint density at radius 2 is 1.60 bits per heavy atom. The summed E-state index contributed by atoms with van der Waals surface area (Å²) < 4.78 is 0. The molecule has 88 valence electrons. The summed E-state index contributed by atoms with van der Waals surface area (Å²) in [5.41, 5.74) is 0. The summed E-state index contributed by atoms with van der Waals surface area (Å²) in [5, 5.41) is 15.1. The molecule has 3 rings (SSSR count). The molecule has 0 aromatic rings. The van der Waals surface area contributed by atoms with Crippen LogP contribution in [0.15, 0.2) is 0 Å². The number of hydrogen-bond acceptors (Lipinski definition) is 4. The van der Waals surface area contributed by atoms with Crippen molar-refractivity contribution in [1.29, 1.82) is 0 Å². The van der Waals surface area contributed by atoms with Gasteiger partial charge in [-0.05, 0) is 19.3 Å². The molecule has 0 radical (unpaired) electrons. The molecular formula is C11H23N3O. The van der Waals surface area contributed by atoms with Crippen molar-refractivity contribution in [1.82, 2.24) is 15.5 Å². The van der Waals surface area contributed by atoms with Gasteiger partial charge in [0, 0.05) is 45.3 Å². The Hall–Kier alpha value is -0.160. The Bertz CT molecular complexity index is 175. The maximum absolute atomic E-state index is 8.45. The maximum Gasteiger partial charge on any atom is 0.0540 e. The molecule has 0 aromatic heterocycles. The highest BCUT2D eigenvalue weighted by Crippen LogP contribution is 2.16. The third kappa shape index (κ3) is 3.41. The lowest BCUT2D eigenvalue weighted by molar-refractivity contribution is 0.0950. The number of nitrogens with zero attached hydrogens (tertiary/aromatic N) is 1. The predicted molar refractivity (Wildman–Crippen MR) is 61.0 cm³/mol. The van der Waals surface area contributed by atoms with Gasteiger partial charge in [0.1, 0.15) is 0 Å². The van der Waals surface area contributed by atoms with Crippen LogP contribution in [-0.4, -0.2) is 61.4 Å². The summed E-state index contributed by atoms with van der Waals surface area (Å²) in [7, 11) is 0. The molecule has 2 heterocycles. The molecule has 3 N–H and O–H groups in total. The molecule has 0 bridgehead atoms. The lowest BCUT2D eigenvalue weighted by Gasteiger charge is -2.40. The monoisotopic (exact) mass is 213 g/mol. The molecule has 1 aliphatic carbocycles. The molecule has 0 aromatic carbocycles. The molecule has 3 aliphatic rings. The molecule has 15 heavy (non-hydrogen) atoms. The average Bonchev–Trinajstić information content (AvgIpc) is 2.15. The lowest BCUT2D eigenvalue weighted by Crippen LogP contribution is -2.61. The van der Waals surface area contributed by atoms with Gasteiger partial charge in [0.15, 0.2) is 0 Å². The number of aliphatic hydroxyl groups excluding tert-OH is 1. The number of piperazine rings is 1. The van der Waals surface area contributed by atoms with E-state index in [-0.39, 0.29) is 6.10 Å². The van der Waals surface area contributed by atoms with E-state index in [2.05, 4.69) is 15.5 Å². The molecule has 0 unspecified atom stereocenters. The summed E-state index contributed by atoms with van der Waals surface area (Å²) in [5.74, 6) is 0. The predicted octanol–water partition coefficient (Wildman–Crippen LogP) is -0.605. The molecule has 0 spiro atoms. The molecule has 1 saturated carbocycles. The van der Waals surface area contributed by atoms with Crippen LogP contribution in [0.25, 0.3) is 0 Å². The van der Waals surface area contributed by atoms with Crippen molar-refractivity contribution in [2.45, 2.75) is 31.4 Å². The first-order valence-corrected chi connectivity index (χ1v) is 6.20. The van der Waals surface area contributed by atoms with E-state index < -0.39 is 0 Å². The third-order valence-corrected chi connectivity index (χ3v) is 3.50. The van der Waals surface area contributed by atoms with Gasteiger partial charge in [-0.1, -0.05) is 0 Å². The second-order valence-electron chi connectivity index (χ2n) is 4.68. The SMILES string of the molecule is C1CN(C2CNC2)CCN1.OC1CCC1. The van der Waals surface area contributed by atoms with E-state index in [1.807, 2.05) is 0 Å². The fraction of sp³-hybridized carbons (Fsp3) is 1.00. The zero-order chi connectivity index (χ0) is 10.5. The van der Waals surface area contributed by atoms with Crippen molar-refractivity contribution in [3.05, 3.63) is 0 Å². The zero-order valence-electron chi connectivity index (χ0n) is 9.41. The van der Waals surface area contributed by atoms with E-state index in [4.69, 9.17) is 5.11 Å². The van der Waals surface area contributed by atoms with Gasteiger partial charge in [0.25, 0.3) is 0 Å². The topological polar surface area (TPSA) is 47.5 Å². The lowest BCUT2D eigenvalue weighted by atomic mass is 9.97. The molecule has 3 fully saturated rings. The Morgan fingerprint density at radius 1 is 1.00 bits per heavy atom. The minimum atomic E-state index is 0.0648. The standard InChI is InChI=1S/C7H15N3.C4H8O/c1-3-10(4-2-8-1)7-5-9-6-7;5-4-2-1-3-4/h7-9H,1-6H2;4-5H,1-3H2. The fourth-order valence-electron chi connectivity index (χ4n) is 1.97. The molecule has 4 heteroatoms. The highest BCUT2D eigenvalue weighted by Gasteiger charge is 2.24. The molecule has 2 saturated heterocycles. The van der Waals surface area contributed by atoms with Crippen LogP contribution in [0.2, 0.25) is 0 Å². The van der Waals surface area contributed by atoms with E-state index in [1.165, 1.54) is 45.7 Å².